The van der Waals surface area contributed by atoms with Crippen LogP contribution in [0.4, 0.5) is 0 Å². The van der Waals surface area contributed by atoms with Crippen molar-refractivity contribution in [1.29, 1.82) is 0 Å². The molecule has 0 fully saturated rings. The number of aromatic nitrogens is 1. The molecular formula is C17H14BrN3O3. The standard InChI is InChI=1S/C17H14BrN3O3/c1-10-2-4-11(5-3-10)7-19-14(22)9-21-16(23)13-6-12(18)8-20-15(13)17(21)24/h2-6,8H,7,9H2,1H3,(H,19,22). The van der Waals surface area contributed by atoms with E-state index < -0.39 is 17.7 Å². The average molecular weight is 388 g/mol. The number of nitrogens with one attached hydrogen (secondary N) is 1. The van der Waals surface area contributed by atoms with Gasteiger partial charge in [0.05, 0.1) is 5.56 Å². The van der Waals surface area contributed by atoms with Crippen molar-refractivity contribution in [3.8, 4) is 0 Å². The van der Waals surface area contributed by atoms with E-state index in [0.29, 0.717) is 11.0 Å². The number of hydrogen-bond donors (Lipinski definition) is 1. The molecular weight excluding hydrogens is 374 g/mol. The molecule has 3 amide bonds. The number of halogens is 1. The zero-order valence-electron chi connectivity index (χ0n) is 12.9. The molecule has 0 unspecified atom stereocenters. The number of amides is 3. The molecule has 24 heavy (non-hydrogen) atoms. The minimum Gasteiger partial charge on any atom is -0.350 e. The average Bonchev–Trinajstić information content (AvgIpc) is 2.79. The maximum atomic E-state index is 12.3. The molecule has 0 bridgehead atoms. The smallest absolute Gasteiger partial charge is 0.280 e. The van der Waals surface area contributed by atoms with Crippen LogP contribution in [-0.4, -0.2) is 34.2 Å². The predicted molar refractivity (Wildman–Crippen MR) is 90.3 cm³/mol. The Morgan fingerprint density at radius 1 is 1.21 bits per heavy atom. The summed E-state index contributed by atoms with van der Waals surface area (Å²) in [6.07, 6.45) is 1.45. The van der Waals surface area contributed by atoms with Crippen LogP contribution in [0.15, 0.2) is 41.0 Å². The Morgan fingerprint density at radius 3 is 2.62 bits per heavy atom. The Kier molecular flexibility index (Phi) is 4.44. The first-order valence-electron chi connectivity index (χ1n) is 7.29. The molecule has 7 heteroatoms. The van der Waals surface area contributed by atoms with Crippen molar-refractivity contribution in [2.45, 2.75) is 13.5 Å². The number of benzene rings is 1. The molecule has 0 atom stereocenters. The Labute approximate surface area is 147 Å². The lowest BCUT2D eigenvalue weighted by atomic mass is 10.1. The number of rotatable bonds is 4. The Bertz CT molecular complexity index is 833. The van der Waals surface area contributed by atoms with E-state index in [-0.39, 0.29) is 17.8 Å². The second-order valence-electron chi connectivity index (χ2n) is 5.51. The summed E-state index contributed by atoms with van der Waals surface area (Å²) in [4.78, 5) is 41.4. The number of imide groups is 1. The SMILES string of the molecule is Cc1ccc(CNC(=O)CN2C(=O)c3cc(Br)cnc3C2=O)cc1. The first-order chi connectivity index (χ1) is 11.5. The van der Waals surface area contributed by atoms with Crippen LogP contribution in [0.3, 0.4) is 0 Å². The van der Waals surface area contributed by atoms with Crippen LogP contribution in [0.5, 0.6) is 0 Å². The van der Waals surface area contributed by atoms with Gasteiger partial charge in [-0.25, -0.2) is 4.98 Å². The van der Waals surface area contributed by atoms with E-state index >= 15 is 0 Å². The maximum Gasteiger partial charge on any atom is 0.280 e. The second kappa shape index (κ2) is 6.52. The van der Waals surface area contributed by atoms with Gasteiger partial charge < -0.3 is 5.32 Å². The first kappa shape index (κ1) is 16.3. The third-order valence-electron chi connectivity index (χ3n) is 3.69. The third-order valence-corrected chi connectivity index (χ3v) is 4.12. The monoisotopic (exact) mass is 387 g/mol. The molecule has 0 saturated carbocycles. The quantitative estimate of drug-likeness (QED) is 0.814. The summed E-state index contributed by atoms with van der Waals surface area (Å²) < 4.78 is 0.605. The molecule has 1 N–H and O–H groups in total. The molecule has 0 radical (unpaired) electrons. The molecule has 1 aromatic carbocycles. The van der Waals surface area contributed by atoms with Gasteiger partial charge in [-0.05, 0) is 34.5 Å². The Morgan fingerprint density at radius 2 is 1.92 bits per heavy atom. The summed E-state index contributed by atoms with van der Waals surface area (Å²) >= 11 is 3.22. The zero-order valence-corrected chi connectivity index (χ0v) is 14.5. The molecule has 1 aliphatic heterocycles. The van der Waals surface area contributed by atoms with Crippen LogP contribution in [0.1, 0.15) is 32.0 Å². The number of aryl methyl sites for hydroxylation is 1. The van der Waals surface area contributed by atoms with Gasteiger partial charge in [0.1, 0.15) is 12.2 Å². The highest BCUT2D eigenvalue weighted by Gasteiger charge is 2.38. The van der Waals surface area contributed by atoms with E-state index in [1.54, 1.807) is 0 Å². The second-order valence-corrected chi connectivity index (χ2v) is 6.42. The van der Waals surface area contributed by atoms with Gasteiger partial charge in [0.2, 0.25) is 5.91 Å². The van der Waals surface area contributed by atoms with Crippen LogP contribution in [0.25, 0.3) is 0 Å². The minimum absolute atomic E-state index is 0.0783. The number of hydrogen-bond acceptors (Lipinski definition) is 4. The topological polar surface area (TPSA) is 79.4 Å². The van der Waals surface area contributed by atoms with Crippen LogP contribution in [0.2, 0.25) is 0 Å². The predicted octanol–water partition coefficient (Wildman–Crippen LogP) is 2.06. The highest BCUT2D eigenvalue weighted by atomic mass is 79.9. The summed E-state index contributed by atoms with van der Waals surface area (Å²) in [6.45, 7) is 2.00. The van der Waals surface area contributed by atoms with Gasteiger partial charge in [-0.2, -0.15) is 0 Å². The lowest BCUT2D eigenvalue weighted by Gasteiger charge is -2.13. The highest BCUT2D eigenvalue weighted by molar-refractivity contribution is 9.10. The number of carbonyl (C=O) groups excluding carboxylic acids is 3. The van der Waals surface area contributed by atoms with E-state index in [1.165, 1.54) is 12.3 Å². The molecule has 2 heterocycles. The Hall–Kier alpha value is -2.54. The lowest BCUT2D eigenvalue weighted by molar-refractivity contribution is -0.121. The molecule has 0 saturated heterocycles. The molecule has 1 aromatic heterocycles. The Balaban J connectivity index is 1.64. The largest absolute Gasteiger partial charge is 0.350 e. The molecule has 6 nitrogen and oxygen atoms in total. The fourth-order valence-corrected chi connectivity index (χ4v) is 2.72. The van der Waals surface area contributed by atoms with Gasteiger partial charge >= 0.3 is 0 Å². The highest BCUT2D eigenvalue weighted by Crippen LogP contribution is 2.23. The van der Waals surface area contributed by atoms with Gasteiger partial charge in [0.15, 0.2) is 0 Å². The van der Waals surface area contributed by atoms with Gasteiger partial charge in [-0.15, -0.1) is 0 Å². The lowest BCUT2D eigenvalue weighted by Crippen LogP contribution is -2.40. The van der Waals surface area contributed by atoms with Crippen LogP contribution < -0.4 is 5.32 Å². The first-order valence-corrected chi connectivity index (χ1v) is 8.09. The van der Waals surface area contributed by atoms with E-state index in [2.05, 4.69) is 26.2 Å². The summed E-state index contributed by atoms with van der Waals surface area (Å²) in [7, 11) is 0. The number of carbonyl (C=O) groups is 3. The normalized spacial score (nSPS) is 13.2. The summed E-state index contributed by atoms with van der Waals surface area (Å²) in [6, 6.07) is 9.27. The molecule has 1 aliphatic rings. The minimum atomic E-state index is -0.548. The van der Waals surface area contributed by atoms with Crippen molar-refractivity contribution >= 4 is 33.7 Å². The fourth-order valence-electron chi connectivity index (χ4n) is 2.39. The van der Waals surface area contributed by atoms with E-state index in [1.807, 2.05) is 31.2 Å². The summed E-state index contributed by atoms with van der Waals surface area (Å²) in [5.74, 6) is -1.45. The van der Waals surface area contributed by atoms with Crippen molar-refractivity contribution in [1.82, 2.24) is 15.2 Å². The van der Waals surface area contributed by atoms with Gasteiger partial charge in [0.25, 0.3) is 11.8 Å². The third kappa shape index (κ3) is 3.21. The molecule has 0 spiro atoms. The number of fused-ring (bicyclic) bond motifs is 1. The van der Waals surface area contributed by atoms with Crippen molar-refractivity contribution in [2.75, 3.05) is 6.54 Å². The molecule has 0 aliphatic carbocycles. The number of pyridine rings is 1. The molecule has 2 aromatic rings. The fraction of sp³-hybridized carbons (Fsp3) is 0.176. The van der Waals surface area contributed by atoms with Crippen molar-refractivity contribution in [3.05, 3.63) is 63.4 Å². The van der Waals surface area contributed by atoms with Crippen molar-refractivity contribution in [2.24, 2.45) is 0 Å². The summed E-state index contributed by atoms with van der Waals surface area (Å²) in [5, 5.41) is 2.71. The van der Waals surface area contributed by atoms with E-state index in [4.69, 9.17) is 0 Å². The van der Waals surface area contributed by atoms with Crippen molar-refractivity contribution in [3.63, 3.8) is 0 Å². The van der Waals surface area contributed by atoms with Gasteiger partial charge in [0, 0.05) is 17.2 Å². The molecule has 122 valence electrons. The van der Waals surface area contributed by atoms with Crippen LogP contribution in [-0.2, 0) is 11.3 Å². The maximum absolute atomic E-state index is 12.3. The molecule has 3 rings (SSSR count). The van der Waals surface area contributed by atoms with Crippen molar-refractivity contribution < 1.29 is 14.4 Å². The van der Waals surface area contributed by atoms with E-state index in [9.17, 15) is 14.4 Å². The summed E-state index contributed by atoms with van der Waals surface area (Å²) in [5.41, 5.74) is 2.37. The van der Waals surface area contributed by atoms with E-state index in [0.717, 1.165) is 16.0 Å². The van der Waals surface area contributed by atoms with Gasteiger partial charge in [-0.3, -0.25) is 19.3 Å². The van der Waals surface area contributed by atoms with Gasteiger partial charge in [-0.1, -0.05) is 29.8 Å². The van der Waals surface area contributed by atoms with Crippen LogP contribution in [0, 0.1) is 6.92 Å². The van der Waals surface area contributed by atoms with Crippen LogP contribution >= 0.6 is 15.9 Å². The number of nitrogens with zero attached hydrogens (tertiary/aromatic N) is 2. The zero-order chi connectivity index (χ0) is 17.3.